The summed E-state index contributed by atoms with van der Waals surface area (Å²) >= 11 is 0. The van der Waals surface area contributed by atoms with Crippen molar-refractivity contribution >= 4 is 11.8 Å². The highest BCUT2D eigenvalue weighted by Gasteiger charge is 2.32. The predicted molar refractivity (Wildman–Crippen MR) is 47.4 cm³/mol. The minimum Gasteiger partial charge on any atom is -0.478 e. The molecular weight excluding hydrogens is 222 g/mol. The summed E-state index contributed by atoms with van der Waals surface area (Å²) in [5.74, 6) is -4.47. The summed E-state index contributed by atoms with van der Waals surface area (Å²) in [4.78, 5) is 22.0. The topological polar surface area (TPSA) is 63.6 Å². The van der Waals surface area contributed by atoms with Crippen molar-refractivity contribution in [1.82, 2.24) is 0 Å². The van der Waals surface area contributed by atoms with E-state index in [0.29, 0.717) is 12.1 Å². The normalized spacial score (nSPS) is 18.9. The molecule has 1 heterocycles. The van der Waals surface area contributed by atoms with Crippen molar-refractivity contribution in [2.75, 3.05) is 0 Å². The minimum atomic E-state index is -1.34. The molecule has 1 aliphatic heterocycles. The van der Waals surface area contributed by atoms with Crippen LogP contribution in [0.25, 0.3) is 0 Å². The first-order valence-electron chi connectivity index (χ1n) is 4.40. The number of hydrogen-bond acceptors (Lipinski definition) is 3. The van der Waals surface area contributed by atoms with Crippen LogP contribution in [-0.4, -0.2) is 23.0 Å². The molecule has 1 N–H and O–H groups in total. The van der Waals surface area contributed by atoms with E-state index in [9.17, 15) is 18.4 Å². The lowest BCUT2D eigenvalue weighted by molar-refractivity contribution is -0.145. The first-order chi connectivity index (χ1) is 7.49. The summed E-state index contributed by atoms with van der Waals surface area (Å²) in [5, 5.41) is 8.66. The van der Waals surface area contributed by atoms with Gasteiger partial charge in [0.25, 0.3) is 0 Å². The van der Waals surface area contributed by atoms with Crippen molar-refractivity contribution in [3.05, 3.63) is 29.3 Å². The number of rotatable bonds is 1. The van der Waals surface area contributed by atoms with Crippen LogP contribution in [-0.2, 0) is 4.79 Å². The summed E-state index contributed by atoms with van der Waals surface area (Å²) in [5.41, 5.74) is -0.128. The van der Waals surface area contributed by atoms with Gasteiger partial charge >= 0.3 is 5.97 Å². The number of fused-ring (bicyclic) bond motifs is 1. The highest BCUT2D eigenvalue weighted by molar-refractivity contribution is 6.02. The molecule has 0 radical (unpaired) electrons. The number of carbonyl (C=O) groups is 2. The lowest BCUT2D eigenvalue weighted by Crippen LogP contribution is -2.34. The zero-order chi connectivity index (χ0) is 11.9. The largest absolute Gasteiger partial charge is 0.478 e. The molecule has 0 amide bonds. The molecular formula is C10H6F2O4. The number of carboxylic acids is 1. The van der Waals surface area contributed by atoms with E-state index in [2.05, 4.69) is 0 Å². The predicted octanol–water partition coefficient (Wildman–Crippen LogP) is 1.38. The Morgan fingerprint density at radius 2 is 2.00 bits per heavy atom. The average Bonchev–Trinajstić information content (AvgIpc) is 2.20. The molecule has 1 aromatic rings. The fourth-order valence-corrected chi connectivity index (χ4v) is 1.45. The first-order valence-corrected chi connectivity index (χ1v) is 4.40. The Hall–Kier alpha value is -1.98. The second-order valence-electron chi connectivity index (χ2n) is 3.33. The highest BCUT2D eigenvalue weighted by Crippen LogP contribution is 2.29. The van der Waals surface area contributed by atoms with Gasteiger partial charge in [0.1, 0.15) is 5.75 Å². The maximum Gasteiger partial charge on any atom is 0.345 e. The summed E-state index contributed by atoms with van der Waals surface area (Å²) < 4.78 is 30.6. The Morgan fingerprint density at radius 3 is 2.62 bits per heavy atom. The number of ether oxygens (including phenoxy) is 1. The van der Waals surface area contributed by atoms with Crippen LogP contribution in [0.2, 0.25) is 0 Å². The first kappa shape index (κ1) is 10.5. The number of carboxylic acid groups (broad SMARTS) is 1. The van der Waals surface area contributed by atoms with E-state index < -0.39 is 29.5 Å². The number of Topliss-reactive ketones (excluding diaryl/α,β-unsaturated/α-hetero) is 1. The van der Waals surface area contributed by atoms with Crippen molar-refractivity contribution in [2.45, 2.75) is 12.5 Å². The molecule has 1 aliphatic rings. The van der Waals surface area contributed by atoms with Crippen LogP contribution < -0.4 is 4.74 Å². The monoisotopic (exact) mass is 228 g/mol. The van der Waals surface area contributed by atoms with Gasteiger partial charge in [0.2, 0.25) is 6.10 Å². The second-order valence-corrected chi connectivity index (χ2v) is 3.33. The van der Waals surface area contributed by atoms with Crippen LogP contribution in [0.1, 0.15) is 16.8 Å². The van der Waals surface area contributed by atoms with E-state index in [1.807, 2.05) is 0 Å². The number of aliphatic carboxylic acids is 1. The average molecular weight is 228 g/mol. The fraction of sp³-hybridized carbons (Fsp3) is 0.200. The molecule has 0 aromatic heterocycles. The number of ketones is 1. The van der Waals surface area contributed by atoms with Crippen molar-refractivity contribution in [3.63, 3.8) is 0 Å². The van der Waals surface area contributed by atoms with Crippen LogP contribution in [0.4, 0.5) is 8.78 Å². The molecule has 4 nitrogen and oxygen atoms in total. The smallest absolute Gasteiger partial charge is 0.345 e. The standard InChI is InChI=1S/C10H6F2O4/c11-5-1-4-7(13)3-9(10(14)15)16-8(4)2-6(5)12/h1-2,9H,3H2,(H,14,15). The van der Waals surface area contributed by atoms with Crippen LogP contribution >= 0.6 is 0 Å². The third-order valence-corrected chi connectivity index (χ3v) is 2.24. The van der Waals surface area contributed by atoms with E-state index in [1.54, 1.807) is 0 Å². The Balaban J connectivity index is 2.46. The third kappa shape index (κ3) is 1.62. The zero-order valence-electron chi connectivity index (χ0n) is 7.87. The van der Waals surface area contributed by atoms with E-state index in [1.165, 1.54) is 0 Å². The molecule has 84 valence electrons. The van der Waals surface area contributed by atoms with Gasteiger partial charge in [-0.25, -0.2) is 13.6 Å². The van der Waals surface area contributed by atoms with Crippen LogP contribution in [0.5, 0.6) is 5.75 Å². The molecule has 0 spiro atoms. The van der Waals surface area contributed by atoms with Gasteiger partial charge < -0.3 is 9.84 Å². The van der Waals surface area contributed by atoms with Crippen LogP contribution in [0.3, 0.4) is 0 Å². The van der Waals surface area contributed by atoms with E-state index in [0.717, 1.165) is 0 Å². The van der Waals surface area contributed by atoms with Gasteiger partial charge in [-0.2, -0.15) is 0 Å². The molecule has 0 fully saturated rings. The van der Waals surface area contributed by atoms with Gasteiger partial charge in [-0.05, 0) is 6.07 Å². The molecule has 0 aliphatic carbocycles. The van der Waals surface area contributed by atoms with Gasteiger partial charge in [0, 0.05) is 6.07 Å². The molecule has 0 saturated carbocycles. The number of halogens is 2. The number of benzene rings is 1. The van der Waals surface area contributed by atoms with Crippen molar-refractivity contribution < 1.29 is 28.2 Å². The molecule has 0 saturated heterocycles. The quantitative estimate of drug-likeness (QED) is 0.788. The van der Waals surface area contributed by atoms with Gasteiger partial charge in [0.05, 0.1) is 12.0 Å². The van der Waals surface area contributed by atoms with E-state index in [4.69, 9.17) is 9.84 Å². The Labute approximate surface area is 88.4 Å². The molecule has 1 aromatic carbocycles. The molecule has 1 unspecified atom stereocenters. The minimum absolute atomic E-state index is 0.128. The van der Waals surface area contributed by atoms with Crippen LogP contribution in [0, 0.1) is 11.6 Å². The number of hydrogen-bond donors (Lipinski definition) is 1. The molecule has 16 heavy (non-hydrogen) atoms. The highest BCUT2D eigenvalue weighted by atomic mass is 19.2. The maximum atomic E-state index is 12.8. The van der Waals surface area contributed by atoms with Gasteiger partial charge in [-0.15, -0.1) is 0 Å². The molecule has 6 heteroatoms. The molecule has 0 bridgehead atoms. The van der Waals surface area contributed by atoms with Crippen LogP contribution in [0.15, 0.2) is 12.1 Å². The SMILES string of the molecule is O=C1CC(C(=O)O)Oc2cc(F)c(F)cc21. The lowest BCUT2D eigenvalue weighted by atomic mass is 10.0. The molecule has 2 rings (SSSR count). The summed E-state index contributed by atoms with van der Waals surface area (Å²) in [7, 11) is 0. The summed E-state index contributed by atoms with van der Waals surface area (Å²) in [6.07, 6.45) is -1.72. The van der Waals surface area contributed by atoms with E-state index in [-0.39, 0.29) is 17.7 Å². The Morgan fingerprint density at radius 1 is 1.38 bits per heavy atom. The van der Waals surface area contributed by atoms with Crippen molar-refractivity contribution in [2.24, 2.45) is 0 Å². The van der Waals surface area contributed by atoms with E-state index >= 15 is 0 Å². The summed E-state index contributed by atoms with van der Waals surface area (Å²) in [6.45, 7) is 0. The summed E-state index contributed by atoms with van der Waals surface area (Å²) in [6, 6.07) is 1.39. The second kappa shape index (κ2) is 3.55. The number of carbonyl (C=O) groups excluding carboxylic acids is 1. The Bertz CT molecular complexity index is 484. The fourth-order valence-electron chi connectivity index (χ4n) is 1.45. The van der Waals surface area contributed by atoms with Gasteiger partial charge in [0.15, 0.2) is 17.4 Å². The van der Waals surface area contributed by atoms with Crippen molar-refractivity contribution in [1.29, 1.82) is 0 Å². The molecule has 1 atom stereocenters. The Kier molecular flexibility index (Phi) is 2.34. The van der Waals surface area contributed by atoms with Gasteiger partial charge in [-0.1, -0.05) is 0 Å². The van der Waals surface area contributed by atoms with Gasteiger partial charge in [-0.3, -0.25) is 4.79 Å². The maximum absolute atomic E-state index is 12.8. The lowest BCUT2D eigenvalue weighted by Gasteiger charge is -2.22. The van der Waals surface area contributed by atoms with Crippen molar-refractivity contribution in [3.8, 4) is 5.75 Å². The third-order valence-electron chi connectivity index (χ3n) is 2.24. The zero-order valence-corrected chi connectivity index (χ0v) is 7.87.